The Morgan fingerprint density at radius 2 is 0.780 bits per heavy atom. The first-order valence-electron chi connectivity index (χ1n) is 20.5. The molecule has 0 amide bonds. The fraction of sp³-hybridized carbons (Fsp3) is 0.0526. The summed E-state index contributed by atoms with van der Waals surface area (Å²) in [4.78, 5) is 2.40. The maximum Gasteiger partial charge on any atom is 0.0541 e. The zero-order valence-electron chi connectivity index (χ0n) is 33.2. The second-order valence-electron chi connectivity index (χ2n) is 16.2. The summed E-state index contributed by atoms with van der Waals surface area (Å²) in [6.45, 7) is 4.77. The minimum Gasteiger partial charge on any atom is -0.310 e. The fourth-order valence-electron chi connectivity index (χ4n) is 9.37. The van der Waals surface area contributed by atoms with Crippen LogP contribution in [0.1, 0.15) is 25.0 Å². The van der Waals surface area contributed by atoms with Crippen molar-refractivity contribution in [2.45, 2.75) is 19.3 Å². The SMILES string of the molecule is CC1(C)c2cc(-c3ccc4c(c3)c3ccccc3n4-c3ccccc3)ccc2-c2ccc(N(c3ccc(-c4ccccc4)cc3)c3ccc(-c4ccccc4)cc3)cc21. The van der Waals surface area contributed by atoms with Crippen molar-refractivity contribution in [1.29, 1.82) is 0 Å². The van der Waals surface area contributed by atoms with Crippen LogP contribution in [0.15, 0.2) is 218 Å². The van der Waals surface area contributed by atoms with Gasteiger partial charge in [-0.05, 0) is 128 Å². The first kappa shape index (κ1) is 34.8. The maximum absolute atomic E-state index is 2.44. The average molecular weight is 755 g/mol. The van der Waals surface area contributed by atoms with Gasteiger partial charge < -0.3 is 9.47 Å². The summed E-state index contributed by atoms with van der Waals surface area (Å²) in [6.07, 6.45) is 0. The first-order chi connectivity index (χ1) is 29.0. The van der Waals surface area contributed by atoms with Gasteiger partial charge in [0.05, 0.1) is 11.0 Å². The van der Waals surface area contributed by atoms with Crippen LogP contribution < -0.4 is 4.90 Å². The third-order valence-electron chi connectivity index (χ3n) is 12.4. The molecule has 1 aliphatic carbocycles. The molecule has 0 radical (unpaired) electrons. The van der Waals surface area contributed by atoms with E-state index in [1.165, 1.54) is 83.1 Å². The average Bonchev–Trinajstić information content (AvgIpc) is 3.75. The van der Waals surface area contributed by atoms with Gasteiger partial charge in [-0.25, -0.2) is 0 Å². The van der Waals surface area contributed by atoms with Crippen molar-refractivity contribution >= 4 is 38.9 Å². The third-order valence-corrected chi connectivity index (χ3v) is 12.4. The highest BCUT2D eigenvalue weighted by Crippen LogP contribution is 2.52. The second kappa shape index (κ2) is 13.9. The van der Waals surface area contributed by atoms with Crippen LogP contribution in [0.5, 0.6) is 0 Å². The van der Waals surface area contributed by atoms with Crippen LogP contribution in [0.2, 0.25) is 0 Å². The molecule has 2 nitrogen and oxygen atoms in total. The van der Waals surface area contributed by atoms with Crippen molar-refractivity contribution in [2.75, 3.05) is 4.90 Å². The van der Waals surface area contributed by atoms with Gasteiger partial charge in [-0.15, -0.1) is 0 Å². The lowest BCUT2D eigenvalue weighted by atomic mass is 9.81. The Bertz CT molecular complexity index is 3060. The summed E-state index contributed by atoms with van der Waals surface area (Å²) in [5.41, 5.74) is 19.4. The Balaban J connectivity index is 0.983. The molecule has 0 atom stereocenters. The van der Waals surface area contributed by atoms with Gasteiger partial charge in [0.15, 0.2) is 0 Å². The van der Waals surface area contributed by atoms with Crippen LogP contribution in [-0.4, -0.2) is 4.57 Å². The van der Waals surface area contributed by atoms with E-state index >= 15 is 0 Å². The summed E-state index contributed by atoms with van der Waals surface area (Å²) >= 11 is 0. The standard InChI is InChI=1S/C57H42N2/c1-57(2)53-37-44(43-27-35-56-52(36-43)51-20-12-13-21-55(51)59(56)45-18-10-5-11-19-45)26-33-49(53)50-34-32-48(38-54(50)57)58(46-28-22-41(23-29-46)39-14-6-3-7-15-39)47-30-24-42(25-31-47)40-16-8-4-9-17-40/h3-38H,1-2H3. The molecular formula is C57H42N2. The van der Waals surface area contributed by atoms with Crippen molar-refractivity contribution in [3.8, 4) is 50.2 Å². The molecule has 0 fully saturated rings. The van der Waals surface area contributed by atoms with E-state index in [2.05, 4.69) is 242 Å². The minimum atomic E-state index is -0.204. The molecule has 11 rings (SSSR count). The molecular weight excluding hydrogens is 713 g/mol. The van der Waals surface area contributed by atoms with Crippen molar-refractivity contribution in [3.63, 3.8) is 0 Å². The number of rotatable bonds is 7. The zero-order valence-corrected chi connectivity index (χ0v) is 33.2. The van der Waals surface area contributed by atoms with Crippen molar-refractivity contribution in [2.24, 2.45) is 0 Å². The highest BCUT2D eigenvalue weighted by Gasteiger charge is 2.36. The molecule has 1 heterocycles. The Morgan fingerprint density at radius 3 is 1.41 bits per heavy atom. The Morgan fingerprint density at radius 1 is 0.339 bits per heavy atom. The summed E-state index contributed by atoms with van der Waals surface area (Å²) < 4.78 is 2.38. The number of nitrogens with zero attached hydrogens (tertiary/aromatic N) is 2. The lowest BCUT2D eigenvalue weighted by Gasteiger charge is -2.28. The van der Waals surface area contributed by atoms with Crippen molar-refractivity contribution in [1.82, 2.24) is 4.57 Å². The van der Waals surface area contributed by atoms with E-state index in [0.717, 1.165) is 17.1 Å². The zero-order chi connectivity index (χ0) is 39.5. The monoisotopic (exact) mass is 754 g/mol. The maximum atomic E-state index is 2.44. The van der Waals surface area contributed by atoms with Gasteiger partial charge in [-0.1, -0.05) is 159 Å². The van der Waals surface area contributed by atoms with Gasteiger partial charge in [0.1, 0.15) is 0 Å². The van der Waals surface area contributed by atoms with E-state index in [0.29, 0.717) is 0 Å². The molecule has 9 aromatic carbocycles. The van der Waals surface area contributed by atoms with E-state index in [1.807, 2.05) is 0 Å². The molecule has 1 aromatic heterocycles. The lowest BCUT2D eigenvalue weighted by molar-refractivity contribution is 0.660. The molecule has 0 spiro atoms. The molecule has 0 aliphatic heterocycles. The summed E-state index contributed by atoms with van der Waals surface area (Å²) in [5, 5.41) is 2.53. The topological polar surface area (TPSA) is 8.17 Å². The largest absolute Gasteiger partial charge is 0.310 e. The number of aromatic nitrogens is 1. The molecule has 59 heavy (non-hydrogen) atoms. The van der Waals surface area contributed by atoms with Crippen LogP contribution in [0, 0.1) is 0 Å². The van der Waals surface area contributed by atoms with E-state index in [1.54, 1.807) is 0 Å². The molecule has 0 bridgehead atoms. The van der Waals surface area contributed by atoms with E-state index in [9.17, 15) is 0 Å². The predicted molar refractivity (Wildman–Crippen MR) is 249 cm³/mol. The smallest absolute Gasteiger partial charge is 0.0541 e. The van der Waals surface area contributed by atoms with Crippen molar-refractivity contribution < 1.29 is 0 Å². The van der Waals surface area contributed by atoms with E-state index in [-0.39, 0.29) is 5.41 Å². The lowest BCUT2D eigenvalue weighted by Crippen LogP contribution is -2.16. The Hall–Kier alpha value is -7.42. The van der Waals surface area contributed by atoms with Crippen LogP contribution in [0.25, 0.3) is 72.0 Å². The highest BCUT2D eigenvalue weighted by atomic mass is 15.1. The van der Waals surface area contributed by atoms with Crippen molar-refractivity contribution in [3.05, 3.63) is 230 Å². The number of hydrogen-bond acceptors (Lipinski definition) is 1. The molecule has 10 aromatic rings. The molecule has 1 aliphatic rings. The van der Waals surface area contributed by atoms with Gasteiger partial charge >= 0.3 is 0 Å². The Kier molecular flexibility index (Phi) is 8.20. The molecule has 0 saturated carbocycles. The van der Waals surface area contributed by atoms with Gasteiger partial charge in [0.2, 0.25) is 0 Å². The van der Waals surface area contributed by atoms with Crippen LogP contribution in [0.4, 0.5) is 17.1 Å². The van der Waals surface area contributed by atoms with Crippen LogP contribution >= 0.6 is 0 Å². The normalized spacial score (nSPS) is 12.7. The van der Waals surface area contributed by atoms with Gasteiger partial charge in [0, 0.05) is 38.9 Å². The number of para-hydroxylation sites is 2. The molecule has 0 saturated heterocycles. The van der Waals surface area contributed by atoms with Gasteiger partial charge in [0.25, 0.3) is 0 Å². The number of fused-ring (bicyclic) bond motifs is 6. The first-order valence-corrected chi connectivity index (χ1v) is 20.5. The molecule has 280 valence electrons. The Labute approximate surface area is 345 Å². The quantitative estimate of drug-likeness (QED) is 0.157. The highest BCUT2D eigenvalue weighted by molar-refractivity contribution is 6.10. The number of hydrogen-bond donors (Lipinski definition) is 0. The fourth-order valence-corrected chi connectivity index (χ4v) is 9.37. The number of anilines is 3. The van der Waals surface area contributed by atoms with Crippen LogP contribution in [0.3, 0.4) is 0 Å². The summed E-state index contributed by atoms with van der Waals surface area (Å²) in [6, 6.07) is 79.7. The molecule has 0 N–H and O–H groups in total. The molecule has 2 heteroatoms. The summed E-state index contributed by atoms with van der Waals surface area (Å²) in [7, 11) is 0. The van der Waals surface area contributed by atoms with Gasteiger partial charge in [-0.2, -0.15) is 0 Å². The second-order valence-corrected chi connectivity index (χ2v) is 16.2. The minimum absolute atomic E-state index is 0.204. The third kappa shape index (κ3) is 5.87. The predicted octanol–water partition coefficient (Wildman–Crippen LogP) is 15.6. The van der Waals surface area contributed by atoms with Crippen LogP contribution in [-0.2, 0) is 5.41 Å². The summed E-state index contributed by atoms with van der Waals surface area (Å²) in [5.74, 6) is 0. The number of benzene rings is 9. The van der Waals surface area contributed by atoms with E-state index in [4.69, 9.17) is 0 Å². The van der Waals surface area contributed by atoms with Gasteiger partial charge in [-0.3, -0.25) is 0 Å². The van der Waals surface area contributed by atoms with E-state index < -0.39 is 0 Å². The molecule has 0 unspecified atom stereocenters.